The second kappa shape index (κ2) is 10.0. The summed E-state index contributed by atoms with van der Waals surface area (Å²) >= 11 is 0. The van der Waals surface area contributed by atoms with Gasteiger partial charge in [-0.05, 0) is 29.8 Å². The fourth-order valence-electron chi connectivity index (χ4n) is 3.32. The molecule has 154 valence electrons. The Kier molecular flexibility index (Phi) is 7.21. The van der Waals surface area contributed by atoms with Gasteiger partial charge < -0.3 is 20.3 Å². The summed E-state index contributed by atoms with van der Waals surface area (Å²) in [5.41, 5.74) is 2.80. The van der Waals surface area contributed by atoms with Gasteiger partial charge in [0.15, 0.2) is 0 Å². The fourth-order valence-corrected chi connectivity index (χ4v) is 3.32. The van der Waals surface area contributed by atoms with Gasteiger partial charge in [0, 0.05) is 45.1 Å². The first-order valence-corrected chi connectivity index (χ1v) is 9.78. The quantitative estimate of drug-likeness (QED) is 0.730. The number of anilines is 2. The van der Waals surface area contributed by atoms with E-state index < -0.39 is 11.8 Å². The number of para-hydroxylation sites is 1. The Hall–Kier alpha value is -2.90. The fraction of sp³-hybridized carbons (Fsp3) is 0.364. The molecule has 1 saturated heterocycles. The van der Waals surface area contributed by atoms with Gasteiger partial charge in [-0.1, -0.05) is 30.3 Å². The molecule has 7 heteroatoms. The predicted octanol–water partition coefficient (Wildman–Crippen LogP) is 1.88. The molecule has 0 aromatic heterocycles. The molecule has 0 radical (unpaired) electrons. The zero-order valence-corrected chi connectivity index (χ0v) is 16.9. The molecule has 0 saturated carbocycles. The van der Waals surface area contributed by atoms with Gasteiger partial charge in [0.25, 0.3) is 0 Å². The van der Waals surface area contributed by atoms with Crippen LogP contribution in [-0.4, -0.2) is 63.7 Å². The van der Waals surface area contributed by atoms with Crippen molar-refractivity contribution < 1.29 is 14.3 Å². The molecule has 0 aliphatic carbocycles. The van der Waals surface area contributed by atoms with Crippen molar-refractivity contribution in [3.8, 4) is 0 Å². The molecule has 0 bridgehead atoms. The number of rotatable bonds is 6. The minimum Gasteiger partial charge on any atom is -0.379 e. The molecule has 2 N–H and O–H groups in total. The number of benzene rings is 2. The lowest BCUT2D eigenvalue weighted by Gasteiger charge is -2.35. The van der Waals surface area contributed by atoms with E-state index in [1.807, 2.05) is 25.1 Å². The molecule has 1 aliphatic rings. The third-order valence-corrected chi connectivity index (χ3v) is 4.97. The molecule has 0 spiro atoms. The van der Waals surface area contributed by atoms with Crippen molar-refractivity contribution in [3.63, 3.8) is 0 Å². The Bertz CT molecular complexity index is 803. The van der Waals surface area contributed by atoms with Crippen LogP contribution in [-0.2, 0) is 14.3 Å². The van der Waals surface area contributed by atoms with Crippen LogP contribution in [0.15, 0.2) is 54.6 Å². The monoisotopic (exact) mass is 396 g/mol. The highest BCUT2D eigenvalue weighted by atomic mass is 16.5. The molecule has 1 heterocycles. The summed E-state index contributed by atoms with van der Waals surface area (Å²) in [5, 5.41) is 5.41. The first kappa shape index (κ1) is 20.8. The number of ether oxygens (including phenoxy) is 1. The van der Waals surface area contributed by atoms with Crippen LogP contribution >= 0.6 is 0 Å². The van der Waals surface area contributed by atoms with Crippen LogP contribution in [0.5, 0.6) is 0 Å². The van der Waals surface area contributed by atoms with Gasteiger partial charge in [-0.2, -0.15) is 0 Å². The molecular weight excluding hydrogens is 368 g/mol. The summed E-state index contributed by atoms with van der Waals surface area (Å²) in [6.45, 7) is 3.24. The third-order valence-electron chi connectivity index (χ3n) is 4.97. The van der Waals surface area contributed by atoms with Crippen molar-refractivity contribution in [1.29, 1.82) is 0 Å². The summed E-state index contributed by atoms with van der Waals surface area (Å²) in [5.74, 6) is -1.31. The SMILES string of the molecule is CN(C)c1ccc(C(CNC(=O)C(=O)Nc2ccccc2)N2CCOCC2)cc1. The zero-order valence-electron chi connectivity index (χ0n) is 16.9. The molecule has 2 aromatic carbocycles. The molecule has 7 nitrogen and oxygen atoms in total. The van der Waals surface area contributed by atoms with Crippen LogP contribution in [0.25, 0.3) is 0 Å². The number of amides is 2. The van der Waals surface area contributed by atoms with Gasteiger partial charge in [0.1, 0.15) is 0 Å². The van der Waals surface area contributed by atoms with Crippen LogP contribution in [0.3, 0.4) is 0 Å². The van der Waals surface area contributed by atoms with E-state index in [9.17, 15) is 9.59 Å². The number of nitrogens with one attached hydrogen (secondary N) is 2. The van der Waals surface area contributed by atoms with Crippen molar-refractivity contribution in [1.82, 2.24) is 10.2 Å². The Morgan fingerprint density at radius 3 is 2.28 bits per heavy atom. The molecule has 2 amide bonds. The lowest BCUT2D eigenvalue weighted by Crippen LogP contribution is -2.45. The van der Waals surface area contributed by atoms with E-state index in [4.69, 9.17) is 4.74 Å². The minimum atomic E-state index is -0.667. The van der Waals surface area contributed by atoms with E-state index in [1.54, 1.807) is 24.3 Å². The Labute approximate surface area is 171 Å². The Morgan fingerprint density at radius 1 is 1.00 bits per heavy atom. The van der Waals surface area contributed by atoms with Gasteiger partial charge in [-0.3, -0.25) is 14.5 Å². The molecule has 29 heavy (non-hydrogen) atoms. The van der Waals surface area contributed by atoms with Crippen molar-refractivity contribution in [2.24, 2.45) is 0 Å². The van der Waals surface area contributed by atoms with E-state index in [0.717, 1.165) is 24.3 Å². The second-order valence-corrected chi connectivity index (χ2v) is 7.18. The summed E-state index contributed by atoms with van der Waals surface area (Å²) in [6, 6.07) is 17.2. The van der Waals surface area contributed by atoms with Crippen molar-refractivity contribution >= 4 is 23.2 Å². The van der Waals surface area contributed by atoms with Crippen LogP contribution in [0.1, 0.15) is 11.6 Å². The molecule has 3 rings (SSSR count). The Morgan fingerprint density at radius 2 is 1.66 bits per heavy atom. The van der Waals surface area contributed by atoms with E-state index in [2.05, 4.69) is 39.8 Å². The van der Waals surface area contributed by atoms with Gasteiger partial charge in [-0.15, -0.1) is 0 Å². The normalized spacial score (nSPS) is 15.4. The van der Waals surface area contributed by atoms with Gasteiger partial charge in [-0.25, -0.2) is 0 Å². The Balaban J connectivity index is 1.66. The number of hydrogen-bond donors (Lipinski definition) is 2. The van der Waals surface area contributed by atoms with E-state index in [-0.39, 0.29) is 6.04 Å². The molecule has 1 aliphatic heterocycles. The average Bonchev–Trinajstić information content (AvgIpc) is 2.75. The summed E-state index contributed by atoms with van der Waals surface area (Å²) in [7, 11) is 4.00. The highest BCUT2D eigenvalue weighted by Gasteiger charge is 2.24. The van der Waals surface area contributed by atoms with Crippen LogP contribution < -0.4 is 15.5 Å². The minimum absolute atomic E-state index is 0.0245. The highest BCUT2D eigenvalue weighted by Crippen LogP contribution is 2.23. The predicted molar refractivity (Wildman–Crippen MR) is 114 cm³/mol. The molecule has 2 aromatic rings. The highest BCUT2D eigenvalue weighted by molar-refractivity contribution is 6.39. The molecule has 1 fully saturated rings. The van der Waals surface area contributed by atoms with E-state index >= 15 is 0 Å². The first-order valence-electron chi connectivity index (χ1n) is 9.78. The third kappa shape index (κ3) is 5.79. The van der Waals surface area contributed by atoms with Crippen LogP contribution in [0.4, 0.5) is 11.4 Å². The number of carbonyl (C=O) groups excluding carboxylic acids is 2. The number of nitrogens with zero attached hydrogens (tertiary/aromatic N) is 2. The maximum atomic E-state index is 12.3. The number of morpholine rings is 1. The largest absolute Gasteiger partial charge is 0.379 e. The van der Waals surface area contributed by atoms with Crippen molar-refractivity contribution in [3.05, 3.63) is 60.2 Å². The summed E-state index contributed by atoms with van der Waals surface area (Å²) in [4.78, 5) is 28.9. The molecule has 1 atom stereocenters. The van der Waals surface area contributed by atoms with Gasteiger partial charge >= 0.3 is 11.8 Å². The van der Waals surface area contributed by atoms with E-state index in [1.165, 1.54) is 0 Å². The maximum Gasteiger partial charge on any atom is 0.313 e. The molecular formula is C22H28N4O3. The second-order valence-electron chi connectivity index (χ2n) is 7.18. The standard InChI is InChI=1S/C22H28N4O3/c1-25(2)19-10-8-17(9-11-19)20(26-12-14-29-15-13-26)16-23-21(27)22(28)24-18-6-4-3-5-7-18/h3-11,20H,12-16H2,1-2H3,(H,23,27)(H,24,28). The lowest BCUT2D eigenvalue weighted by atomic mass is 10.0. The first-order chi connectivity index (χ1) is 14.0. The smallest absolute Gasteiger partial charge is 0.313 e. The summed E-state index contributed by atoms with van der Waals surface area (Å²) in [6.07, 6.45) is 0. The van der Waals surface area contributed by atoms with E-state index in [0.29, 0.717) is 25.4 Å². The zero-order chi connectivity index (χ0) is 20.6. The number of hydrogen-bond acceptors (Lipinski definition) is 5. The molecule has 1 unspecified atom stereocenters. The van der Waals surface area contributed by atoms with Crippen LogP contribution in [0.2, 0.25) is 0 Å². The lowest BCUT2D eigenvalue weighted by molar-refractivity contribution is -0.136. The van der Waals surface area contributed by atoms with Gasteiger partial charge in [0.2, 0.25) is 0 Å². The number of carbonyl (C=O) groups is 2. The average molecular weight is 396 g/mol. The van der Waals surface area contributed by atoms with Gasteiger partial charge in [0.05, 0.1) is 19.3 Å². The topological polar surface area (TPSA) is 73.9 Å². The van der Waals surface area contributed by atoms with Crippen molar-refractivity contribution in [2.45, 2.75) is 6.04 Å². The summed E-state index contributed by atoms with van der Waals surface area (Å²) < 4.78 is 5.47. The van der Waals surface area contributed by atoms with Crippen LogP contribution in [0, 0.1) is 0 Å². The maximum absolute atomic E-state index is 12.3. The van der Waals surface area contributed by atoms with Crippen molar-refractivity contribution in [2.75, 3.05) is 57.2 Å².